The summed E-state index contributed by atoms with van der Waals surface area (Å²) in [6.07, 6.45) is 4.63. The largest absolute Gasteiger partial charge is 0.481 e. The van der Waals surface area contributed by atoms with E-state index in [1.807, 2.05) is 50.3 Å². The average molecular weight is 351 g/mol. The van der Waals surface area contributed by atoms with Crippen molar-refractivity contribution in [2.75, 3.05) is 6.61 Å². The summed E-state index contributed by atoms with van der Waals surface area (Å²) < 4.78 is 5.65. The highest BCUT2D eigenvalue weighted by Crippen LogP contribution is 2.47. The molecule has 0 radical (unpaired) electrons. The van der Waals surface area contributed by atoms with Crippen molar-refractivity contribution in [3.8, 4) is 0 Å². The summed E-state index contributed by atoms with van der Waals surface area (Å²) in [6, 6.07) is 9.70. The lowest BCUT2D eigenvalue weighted by molar-refractivity contribution is -0.140. The molecule has 2 aliphatic rings. The van der Waals surface area contributed by atoms with Crippen molar-refractivity contribution < 1.29 is 19.4 Å². The van der Waals surface area contributed by atoms with Gasteiger partial charge in [-0.15, -0.1) is 0 Å². The number of allylic oxidation sites excluding steroid dienone is 4. The predicted molar refractivity (Wildman–Crippen MR) is 98.8 cm³/mol. The SMILES string of the molecule is CC1=C(C(N)=O)C2=C(OCC(=O)O)C(=Cc3ccccc3)CC=C2C1C. The Morgan fingerprint density at radius 2 is 2.00 bits per heavy atom. The Kier molecular flexibility index (Phi) is 4.80. The molecule has 3 N–H and O–H groups in total. The van der Waals surface area contributed by atoms with E-state index in [1.54, 1.807) is 0 Å². The number of carboxylic acid groups (broad SMARTS) is 1. The fourth-order valence-corrected chi connectivity index (χ4v) is 3.50. The third-order valence-corrected chi connectivity index (χ3v) is 4.84. The number of carbonyl (C=O) groups excluding carboxylic acids is 1. The number of amides is 1. The Morgan fingerprint density at radius 1 is 1.31 bits per heavy atom. The van der Waals surface area contributed by atoms with Crippen molar-refractivity contribution in [2.45, 2.75) is 20.3 Å². The van der Waals surface area contributed by atoms with Gasteiger partial charge in [0.15, 0.2) is 6.61 Å². The van der Waals surface area contributed by atoms with Crippen molar-refractivity contribution in [2.24, 2.45) is 11.7 Å². The van der Waals surface area contributed by atoms with Gasteiger partial charge in [0.05, 0.1) is 0 Å². The topological polar surface area (TPSA) is 89.6 Å². The van der Waals surface area contributed by atoms with E-state index < -0.39 is 18.5 Å². The van der Waals surface area contributed by atoms with E-state index in [9.17, 15) is 9.59 Å². The number of rotatable bonds is 5. The zero-order valence-corrected chi connectivity index (χ0v) is 14.8. The fraction of sp³-hybridized carbons (Fsp3) is 0.238. The minimum Gasteiger partial charge on any atom is -0.481 e. The standard InChI is InChI=1S/C21H21NO4/c1-12-13(2)18(21(22)25)19-16(12)9-8-15(20(19)26-11-17(23)24)10-14-6-4-3-5-7-14/h3-7,9-10,12H,8,11H2,1-2H3,(H2,22,25)(H,23,24). The van der Waals surface area contributed by atoms with E-state index in [2.05, 4.69) is 6.08 Å². The van der Waals surface area contributed by atoms with Crippen LogP contribution in [0.1, 0.15) is 25.8 Å². The second kappa shape index (κ2) is 7.04. The number of hydrogen-bond acceptors (Lipinski definition) is 3. The van der Waals surface area contributed by atoms with Gasteiger partial charge in [0.2, 0.25) is 5.91 Å². The third kappa shape index (κ3) is 3.20. The second-order valence-electron chi connectivity index (χ2n) is 6.47. The van der Waals surface area contributed by atoms with E-state index in [4.69, 9.17) is 15.6 Å². The van der Waals surface area contributed by atoms with Gasteiger partial charge in [-0.25, -0.2) is 4.79 Å². The van der Waals surface area contributed by atoms with Crippen molar-refractivity contribution in [1.29, 1.82) is 0 Å². The van der Waals surface area contributed by atoms with Gasteiger partial charge in [0, 0.05) is 17.1 Å². The molecule has 0 spiro atoms. The predicted octanol–water partition coefficient (Wildman–Crippen LogP) is 3.21. The Balaban J connectivity index is 2.16. The minimum atomic E-state index is -1.07. The highest BCUT2D eigenvalue weighted by molar-refractivity contribution is 6.01. The molecule has 0 bridgehead atoms. The third-order valence-electron chi connectivity index (χ3n) is 4.84. The van der Waals surface area contributed by atoms with E-state index in [1.165, 1.54) is 0 Å². The number of carbonyl (C=O) groups is 2. The zero-order valence-electron chi connectivity index (χ0n) is 14.8. The Labute approximate surface area is 152 Å². The van der Waals surface area contributed by atoms with Crippen molar-refractivity contribution in [1.82, 2.24) is 0 Å². The van der Waals surface area contributed by atoms with Gasteiger partial charge in [-0.3, -0.25) is 4.79 Å². The summed E-state index contributed by atoms with van der Waals surface area (Å²) in [6.45, 7) is 3.42. The maximum Gasteiger partial charge on any atom is 0.341 e. The van der Waals surface area contributed by atoms with Crippen molar-refractivity contribution in [3.63, 3.8) is 0 Å². The molecule has 1 amide bonds. The summed E-state index contributed by atoms with van der Waals surface area (Å²) in [7, 11) is 0. The average Bonchev–Trinajstić information content (AvgIpc) is 2.86. The molecular weight excluding hydrogens is 330 g/mol. The van der Waals surface area contributed by atoms with Gasteiger partial charge >= 0.3 is 5.97 Å². The van der Waals surface area contributed by atoms with Gasteiger partial charge in [-0.2, -0.15) is 0 Å². The molecule has 1 atom stereocenters. The van der Waals surface area contributed by atoms with E-state index >= 15 is 0 Å². The number of hydrogen-bond donors (Lipinski definition) is 2. The monoisotopic (exact) mass is 351 g/mol. The van der Waals surface area contributed by atoms with Crippen LogP contribution in [-0.2, 0) is 14.3 Å². The molecule has 0 saturated heterocycles. The van der Waals surface area contributed by atoms with Gasteiger partial charge in [-0.05, 0) is 36.1 Å². The Morgan fingerprint density at radius 3 is 2.62 bits per heavy atom. The van der Waals surface area contributed by atoms with Crippen molar-refractivity contribution in [3.05, 3.63) is 75.6 Å². The first-order valence-electron chi connectivity index (χ1n) is 8.46. The molecule has 134 valence electrons. The second-order valence-corrected chi connectivity index (χ2v) is 6.47. The number of fused-ring (bicyclic) bond motifs is 1. The zero-order chi connectivity index (χ0) is 18.8. The van der Waals surface area contributed by atoms with Crippen molar-refractivity contribution >= 4 is 18.0 Å². The summed E-state index contributed by atoms with van der Waals surface area (Å²) >= 11 is 0. The van der Waals surface area contributed by atoms with Gasteiger partial charge in [-0.1, -0.05) is 48.9 Å². The molecule has 1 unspecified atom stereocenters. The number of carboxylic acids is 1. The van der Waals surface area contributed by atoms with Crippen LogP contribution < -0.4 is 5.73 Å². The van der Waals surface area contributed by atoms with Crippen LogP contribution in [0.2, 0.25) is 0 Å². The van der Waals surface area contributed by atoms with Crippen LogP contribution >= 0.6 is 0 Å². The molecule has 0 saturated carbocycles. The number of nitrogens with two attached hydrogens (primary N) is 1. The Bertz CT molecular complexity index is 888. The van der Waals surface area contributed by atoms with Gasteiger partial charge in [0.25, 0.3) is 0 Å². The van der Waals surface area contributed by atoms with Crippen LogP contribution in [0.15, 0.2) is 70.0 Å². The maximum absolute atomic E-state index is 12.1. The van der Waals surface area contributed by atoms with E-state index in [0.29, 0.717) is 23.3 Å². The molecule has 1 aromatic carbocycles. The molecule has 1 aromatic rings. The van der Waals surface area contributed by atoms with E-state index in [-0.39, 0.29) is 5.92 Å². The summed E-state index contributed by atoms with van der Waals surface area (Å²) in [4.78, 5) is 23.1. The molecule has 2 aliphatic carbocycles. The molecule has 0 heterocycles. The van der Waals surface area contributed by atoms with Crippen LogP contribution in [0.5, 0.6) is 0 Å². The van der Waals surface area contributed by atoms with Gasteiger partial charge in [0.1, 0.15) is 5.76 Å². The molecule has 26 heavy (non-hydrogen) atoms. The van der Waals surface area contributed by atoms with Crippen LogP contribution in [0, 0.1) is 5.92 Å². The number of primary amides is 1. The molecule has 5 nitrogen and oxygen atoms in total. The quantitative estimate of drug-likeness (QED) is 0.852. The lowest BCUT2D eigenvalue weighted by Gasteiger charge is -2.22. The number of aliphatic carboxylic acids is 1. The van der Waals surface area contributed by atoms with Crippen LogP contribution in [0.25, 0.3) is 6.08 Å². The number of benzene rings is 1. The molecule has 0 aromatic heterocycles. The summed E-state index contributed by atoms with van der Waals surface area (Å²) in [5, 5.41) is 9.05. The molecule has 0 aliphatic heterocycles. The first kappa shape index (κ1) is 17.7. The summed E-state index contributed by atoms with van der Waals surface area (Å²) in [5.41, 5.74) is 10.4. The summed E-state index contributed by atoms with van der Waals surface area (Å²) in [5.74, 6) is -1.11. The maximum atomic E-state index is 12.1. The van der Waals surface area contributed by atoms with Crippen LogP contribution in [0.3, 0.4) is 0 Å². The Hall–Kier alpha value is -3.08. The molecule has 0 fully saturated rings. The first-order chi connectivity index (χ1) is 12.4. The molecule has 3 rings (SSSR count). The smallest absolute Gasteiger partial charge is 0.341 e. The highest BCUT2D eigenvalue weighted by Gasteiger charge is 2.37. The van der Waals surface area contributed by atoms with Crippen LogP contribution in [-0.4, -0.2) is 23.6 Å². The molecule has 5 heteroatoms. The van der Waals surface area contributed by atoms with Gasteiger partial charge < -0.3 is 15.6 Å². The number of ether oxygens (including phenoxy) is 1. The fourth-order valence-electron chi connectivity index (χ4n) is 3.50. The lowest BCUT2D eigenvalue weighted by atomic mass is 9.87. The normalized spacial score (nSPS) is 20.9. The first-order valence-corrected chi connectivity index (χ1v) is 8.46. The molecular formula is C21H21NO4. The van der Waals surface area contributed by atoms with Crippen LogP contribution in [0.4, 0.5) is 0 Å². The highest BCUT2D eigenvalue weighted by atomic mass is 16.5. The van der Waals surface area contributed by atoms with E-state index in [0.717, 1.165) is 22.3 Å². The minimum absolute atomic E-state index is 0.0502. The lowest BCUT2D eigenvalue weighted by Crippen LogP contribution is -2.19.